The highest BCUT2D eigenvalue weighted by molar-refractivity contribution is 9.11. The molecule has 94 valence electrons. The highest BCUT2D eigenvalue weighted by Crippen LogP contribution is 2.27. The molecule has 18 heavy (non-hydrogen) atoms. The highest BCUT2D eigenvalue weighted by atomic mass is 79.9. The van der Waals surface area contributed by atoms with Crippen LogP contribution in [0.4, 0.5) is 10.1 Å². The molecule has 0 saturated heterocycles. The minimum Gasteiger partial charge on any atom is -0.380 e. The van der Waals surface area contributed by atoms with Crippen molar-refractivity contribution < 1.29 is 4.39 Å². The van der Waals surface area contributed by atoms with Crippen LogP contribution in [0.3, 0.4) is 0 Å². The van der Waals surface area contributed by atoms with Crippen LogP contribution in [0.2, 0.25) is 5.02 Å². The van der Waals surface area contributed by atoms with Crippen molar-refractivity contribution in [1.82, 2.24) is 0 Å². The Balaban J connectivity index is 2.16. The Morgan fingerprint density at radius 2 is 1.94 bits per heavy atom. The minimum atomic E-state index is -0.399. The zero-order chi connectivity index (χ0) is 13.1. The standard InChI is InChI=1S/C13H9Br2ClFN/c14-9-4-5-10(15)12(6-9)18-7-8-2-1-3-11(17)13(8)16/h1-6,18H,7H2. The van der Waals surface area contributed by atoms with E-state index < -0.39 is 5.82 Å². The molecule has 0 aliphatic heterocycles. The summed E-state index contributed by atoms with van der Waals surface area (Å²) in [5.41, 5.74) is 1.65. The number of benzene rings is 2. The van der Waals surface area contributed by atoms with E-state index in [-0.39, 0.29) is 5.02 Å². The van der Waals surface area contributed by atoms with Crippen molar-refractivity contribution in [3.8, 4) is 0 Å². The molecule has 0 amide bonds. The summed E-state index contributed by atoms with van der Waals surface area (Å²) in [7, 11) is 0. The molecule has 0 radical (unpaired) electrons. The Morgan fingerprint density at radius 1 is 1.17 bits per heavy atom. The lowest BCUT2D eigenvalue weighted by atomic mass is 10.2. The number of nitrogens with one attached hydrogen (secondary N) is 1. The molecule has 2 aromatic rings. The van der Waals surface area contributed by atoms with Gasteiger partial charge in [-0.2, -0.15) is 0 Å². The lowest BCUT2D eigenvalue weighted by Gasteiger charge is -2.10. The van der Waals surface area contributed by atoms with Crippen LogP contribution in [0, 0.1) is 5.82 Å². The van der Waals surface area contributed by atoms with Gasteiger partial charge in [0.1, 0.15) is 5.82 Å². The molecule has 0 heterocycles. The van der Waals surface area contributed by atoms with Crippen LogP contribution in [-0.2, 0) is 6.54 Å². The number of halogens is 4. The smallest absolute Gasteiger partial charge is 0.142 e. The molecule has 0 unspecified atom stereocenters. The molecular formula is C13H9Br2ClFN. The quantitative estimate of drug-likeness (QED) is 0.714. The summed E-state index contributed by atoms with van der Waals surface area (Å²) in [5.74, 6) is -0.399. The van der Waals surface area contributed by atoms with Crippen LogP contribution in [0.5, 0.6) is 0 Å². The predicted molar refractivity (Wildman–Crippen MR) is 80.6 cm³/mol. The molecule has 2 rings (SSSR count). The first-order chi connectivity index (χ1) is 8.58. The van der Waals surface area contributed by atoms with Gasteiger partial charge in [0.15, 0.2) is 0 Å². The van der Waals surface area contributed by atoms with E-state index in [1.54, 1.807) is 12.1 Å². The van der Waals surface area contributed by atoms with E-state index in [0.29, 0.717) is 6.54 Å². The van der Waals surface area contributed by atoms with Crippen molar-refractivity contribution in [2.75, 3.05) is 5.32 Å². The third-order valence-electron chi connectivity index (χ3n) is 2.43. The topological polar surface area (TPSA) is 12.0 Å². The first-order valence-electron chi connectivity index (χ1n) is 5.20. The molecule has 0 bridgehead atoms. The highest BCUT2D eigenvalue weighted by Gasteiger charge is 2.06. The SMILES string of the molecule is Fc1cccc(CNc2cc(Br)ccc2Br)c1Cl. The first-order valence-corrected chi connectivity index (χ1v) is 7.16. The van der Waals surface area contributed by atoms with Crippen molar-refractivity contribution in [3.05, 3.63) is 61.7 Å². The van der Waals surface area contributed by atoms with Gasteiger partial charge >= 0.3 is 0 Å². The molecule has 0 aromatic heterocycles. The average Bonchev–Trinajstić information content (AvgIpc) is 2.35. The summed E-state index contributed by atoms with van der Waals surface area (Å²) in [6.45, 7) is 0.464. The first kappa shape index (κ1) is 13.8. The van der Waals surface area contributed by atoms with Gasteiger partial charge in [-0.05, 0) is 45.8 Å². The van der Waals surface area contributed by atoms with Gasteiger partial charge < -0.3 is 5.32 Å². The van der Waals surface area contributed by atoms with E-state index >= 15 is 0 Å². The second kappa shape index (κ2) is 6.04. The molecule has 0 aliphatic carbocycles. The van der Waals surface area contributed by atoms with E-state index in [0.717, 1.165) is 20.2 Å². The van der Waals surface area contributed by atoms with E-state index in [2.05, 4.69) is 37.2 Å². The van der Waals surface area contributed by atoms with E-state index in [9.17, 15) is 4.39 Å². The van der Waals surface area contributed by atoms with Crippen molar-refractivity contribution in [3.63, 3.8) is 0 Å². The fourth-order valence-corrected chi connectivity index (χ4v) is 2.45. The lowest BCUT2D eigenvalue weighted by Crippen LogP contribution is -2.01. The van der Waals surface area contributed by atoms with Crippen molar-refractivity contribution in [1.29, 1.82) is 0 Å². The monoisotopic (exact) mass is 391 g/mol. The molecule has 0 fully saturated rings. The third kappa shape index (κ3) is 3.25. The molecule has 1 nitrogen and oxygen atoms in total. The summed E-state index contributed by atoms with van der Waals surface area (Å²) in [5, 5.41) is 3.37. The maximum Gasteiger partial charge on any atom is 0.142 e. The minimum absolute atomic E-state index is 0.163. The van der Waals surface area contributed by atoms with Gasteiger partial charge in [-0.3, -0.25) is 0 Å². The van der Waals surface area contributed by atoms with Gasteiger partial charge in [0.25, 0.3) is 0 Å². The summed E-state index contributed by atoms with van der Waals surface area (Å²) >= 11 is 12.7. The van der Waals surface area contributed by atoms with E-state index in [1.165, 1.54) is 6.07 Å². The average molecular weight is 393 g/mol. The van der Waals surface area contributed by atoms with Crippen LogP contribution >= 0.6 is 43.5 Å². The Hall–Kier alpha value is -0.580. The van der Waals surface area contributed by atoms with Crippen LogP contribution < -0.4 is 5.32 Å². The fraction of sp³-hybridized carbons (Fsp3) is 0.0769. The fourth-order valence-electron chi connectivity index (χ4n) is 1.51. The molecule has 0 saturated carbocycles. The van der Waals surface area contributed by atoms with Crippen LogP contribution in [0.15, 0.2) is 45.3 Å². The Bertz CT molecular complexity index is 573. The number of hydrogen-bond acceptors (Lipinski definition) is 1. The molecule has 5 heteroatoms. The van der Waals surface area contributed by atoms with Crippen molar-refractivity contribution in [2.45, 2.75) is 6.54 Å². The Labute approximate surface area is 127 Å². The molecular weight excluding hydrogens is 384 g/mol. The van der Waals surface area contributed by atoms with Gasteiger partial charge in [-0.15, -0.1) is 0 Å². The number of anilines is 1. The van der Waals surface area contributed by atoms with Gasteiger partial charge in [-0.25, -0.2) is 4.39 Å². The molecule has 2 aromatic carbocycles. The maximum atomic E-state index is 13.3. The van der Waals surface area contributed by atoms with Gasteiger partial charge in [0.05, 0.1) is 5.02 Å². The summed E-state index contributed by atoms with van der Waals surface area (Å²) in [6.07, 6.45) is 0. The van der Waals surface area contributed by atoms with E-state index in [1.807, 2.05) is 18.2 Å². The van der Waals surface area contributed by atoms with Gasteiger partial charge in [0.2, 0.25) is 0 Å². The van der Waals surface area contributed by atoms with Crippen LogP contribution in [0.1, 0.15) is 5.56 Å². The Kier molecular flexibility index (Phi) is 4.65. The molecule has 1 N–H and O–H groups in total. The maximum absolute atomic E-state index is 13.3. The normalized spacial score (nSPS) is 10.4. The van der Waals surface area contributed by atoms with Crippen LogP contribution in [0.25, 0.3) is 0 Å². The van der Waals surface area contributed by atoms with E-state index in [4.69, 9.17) is 11.6 Å². The van der Waals surface area contributed by atoms with Crippen LogP contribution in [-0.4, -0.2) is 0 Å². The molecule has 0 aliphatic rings. The third-order valence-corrected chi connectivity index (χ3v) is 4.04. The zero-order valence-corrected chi connectivity index (χ0v) is 13.1. The van der Waals surface area contributed by atoms with Gasteiger partial charge in [0, 0.05) is 21.2 Å². The zero-order valence-electron chi connectivity index (χ0n) is 9.18. The number of rotatable bonds is 3. The van der Waals surface area contributed by atoms with Crippen molar-refractivity contribution in [2.24, 2.45) is 0 Å². The second-order valence-electron chi connectivity index (χ2n) is 3.69. The lowest BCUT2D eigenvalue weighted by molar-refractivity contribution is 0.626. The van der Waals surface area contributed by atoms with Crippen molar-refractivity contribution >= 4 is 49.1 Å². The summed E-state index contributed by atoms with van der Waals surface area (Å²) in [4.78, 5) is 0. The van der Waals surface area contributed by atoms with Gasteiger partial charge in [-0.1, -0.05) is 39.7 Å². The Morgan fingerprint density at radius 3 is 2.72 bits per heavy atom. The summed E-state index contributed by atoms with van der Waals surface area (Å²) in [6, 6.07) is 10.6. The largest absolute Gasteiger partial charge is 0.380 e. The number of hydrogen-bond donors (Lipinski definition) is 1. The molecule has 0 atom stereocenters. The summed E-state index contributed by atoms with van der Waals surface area (Å²) < 4.78 is 15.2. The predicted octanol–water partition coefficient (Wildman–Crippen LogP) is 5.62. The second-order valence-corrected chi connectivity index (χ2v) is 5.84. The molecule has 0 spiro atoms.